The molecule has 184 valence electrons. The average molecular weight is 493 g/mol. The van der Waals surface area contributed by atoms with Crippen LogP contribution in [0.5, 0.6) is 5.88 Å². The van der Waals surface area contributed by atoms with Crippen molar-refractivity contribution in [3.63, 3.8) is 0 Å². The number of benzene rings is 1. The number of carbonyl (C=O) groups excluding carboxylic acids is 1. The monoisotopic (exact) mass is 492 g/mol. The molecule has 3 heterocycles. The Balaban J connectivity index is 1.51. The number of rotatable bonds is 5. The van der Waals surface area contributed by atoms with E-state index in [0.717, 1.165) is 17.9 Å². The molecule has 1 fully saturated rings. The summed E-state index contributed by atoms with van der Waals surface area (Å²) in [6.45, 7) is 6.64. The van der Waals surface area contributed by atoms with E-state index in [4.69, 9.17) is 9.47 Å². The highest BCUT2D eigenvalue weighted by atomic mass is 32.2. The number of halogens is 1. The lowest BCUT2D eigenvalue weighted by Crippen LogP contribution is -2.42. The predicted octanol–water partition coefficient (Wildman–Crippen LogP) is 3.49. The molecule has 0 bridgehead atoms. The lowest BCUT2D eigenvalue weighted by molar-refractivity contribution is 0.0505. The molecule has 0 N–H and O–H groups in total. The van der Waals surface area contributed by atoms with Crippen LogP contribution in [-0.4, -0.2) is 67.0 Å². The Hall–Kier alpha value is -2.95. The second-order valence-electron chi connectivity index (χ2n) is 9.03. The first-order valence-corrected chi connectivity index (χ1v) is 13.2. The van der Waals surface area contributed by atoms with Crippen LogP contribution in [0.15, 0.2) is 29.4 Å². The third-order valence-electron chi connectivity index (χ3n) is 5.97. The summed E-state index contributed by atoms with van der Waals surface area (Å²) in [7, 11) is -3.51. The minimum Gasteiger partial charge on any atom is -0.474 e. The third kappa shape index (κ3) is 4.94. The minimum atomic E-state index is -3.51. The average Bonchev–Trinajstić information content (AvgIpc) is 3.10. The molecule has 0 radical (unpaired) electrons. The lowest BCUT2D eigenvalue weighted by atomic mass is 10.1. The summed E-state index contributed by atoms with van der Waals surface area (Å²) >= 11 is 0. The Morgan fingerprint density at radius 3 is 2.53 bits per heavy atom. The summed E-state index contributed by atoms with van der Waals surface area (Å²) in [6.07, 6.45) is 3.68. The number of hydrogen-bond donors (Lipinski definition) is 0. The first-order chi connectivity index (χ1) is 16.0. The molecule has 1 atom stereocenters. The van der Waals surface area contributed by atoms with Crippen LogP contribution in [0.1, 0.15) is 39.2 Å². The first kappa shape index (κ1) is 24.2. The molecule has 9 nitrogen and oxygen atoms in total. The van der Waals surface area contributed by atoms with E-state index in [0.29, 0.717) is 44.0 Å². The molecule has 2 aromatic rings. The number of amides is 1. The molecule has 34 heavy (non-hydrogen) atoms. The molecule has 0 saturated carbocycles. The Labute approximate surface area is 198 Å². The zero-order chi connectivity index (χ0) is 24.6. The number of ether oxygens (including phenoxy) is 2. The van der Waals surface area contributed by atoms with Crippen molar-refractivity contribution >= 4 is 27.4 Å². The van der Waals surface area contributed by atoms with Crippen molar-refractivity contribution in [1.29, 1.82) is 0 Å². The molecular formula is C23H29FN4O5S. The number of anilines is 2. The van der Waals surface area contributed by atoms with E-state index in [1.807, 2.05) is 20.8 Å². The predicted molar refractivity (Wildman–Crippen MR) is 124 cm³/mol. The van der Waals surface area contributed by atoms with Gasteiger partial charge in [-0.1, -0.05) is 0 Å². The number of hydrogen-bond acceptors (Lipinski definition) is 8. The maximum absolute atomic E-state index is 14.9. The summed E-state index contributed by atoms with van der Waals surface area (Å²) in [5.74, 6) is 0.363. The van der Waals surface area contributed by atoms with Crippen LogP contribution in [0.2, 0.25) is 0 Å². The smallest absolute Gasteiger partial charge is 0.410 e. The molecule has 0 unspecified atom stereocenters. The molecule has 4 rings (SSSR count). The van der Waals surface area contributed by atoms with E-state index in [1.165, 1.54) is 18.5 Å². The zero-order valence-corrected chi connectivity index (χ0v) is 20.5. The summed E-state index contributed by atoms with van der Waals surface area (Å²) in [5, 5.41) is 0. The topological polar surface area (TPSA) is 102 Å². The van der Waals surface area contributed by atoms with E-state index in [9.17, 15) is 17.6 Å². The fourth-order valence-corrected chi connectivity index (χ4v) is 4.96. The fraction of sp³-hybridized carbons (Fsp3) is 0.522. The molecule has 1 aromatic heterocycles. The highest BCUT2D eigenvalue weighted by Crippen LogP contribution is 2.41. The highest BCUT2D eigenvalue weighted by molar-refractivity contribution is 7.90. The van der Waals surface area contributed by atoms with Crippen molar-refractivity contribution in [3.05, 3.63) is 35.9 Å². The molecular weight excluding hydrogens is 463 g/mol. The minimum absolute atomic E-state index is 0.0730. The molecule has 1 saturated heterocycles. The zero-order valence-electron chi connectivity index (χ0n) is 19.7. The van der Waals surface area contributed by atoms with Crippen LogP contribution in [0.4, 0.5) is 20.7 Å². The van der Waals surface area contributed by atoms with Gasteiger partial charge in [0.1, 0.15) is 24.1 Å². The lowest BCUT2D eigenvalue weighted by Gasteiger charge is -2.32. The van der Waals surface area contributed by atoms with Crippen molar-refractivity contribution < 1.29 is 27.1 Å². The van der Waals surface area contributed by atoms with Gasteiger partial charge in [-0.3, -0.25) is 0 Å². The molecule has 11 heteroatoms. The first-order valence-electron chi connectivity index (χ1n) is 11.3. The number of fused-ring (bicyclic) bond motifs is 1. The maximum Gasteiger partial charge on any atom is 0.410 e. The quantitative estimate of drug-likeness (QED) is 0.625. The summed E-state index contributed by atoms with van der Waals surface area (Å²) in [6, 6.07) is 3.77. The number of sulfone groups is 1. The number of aromatic nitrogens is 2. The van der Waals surface area contributed by atoms with Gasteiger partial charge in [-0.25, -0.2) is 27.6 Å². The van der Waals surface area contributed by atoms with E-state index in [-0.39, 0.29) is 34.9 Å². The largest absolute Gasteiger partial charge is 0.474 e. The van der Waals surface area contributed by atoms with Crippen LogP contribution >= 0.6 is 0 Å². The van der Waals surface area contributed by atoms with Crippen molar-refractivity contribution in [2.45, 2.75) is 63.2 Å². The van der Waals surface area contributed by atoms with Gasteiger partial charge in [0.2, 0.25) is 5.88 Å². The van der Waals surface area contributed by atoms with Crippen LogP contribution in [0.25, 0.3) is 0 Å². The number of piperidine rings is 1. The van der Waals surface area contributed by atoms with Crippen LogP contribution in [-0.2, 0) is 21.0 Å². The summed E-state index contributed by atoms with van der Waals surface area (Å²) in [5.41, 5.74) is 1.03. The molecule has 2 aliphatic rings. The second-order valence-corrected chi connectivity index (χ2v) is 11.0. The molecule has 0 spiro atoms. The summed E-state index contributed by atoms with van der Waals surface area (Å²) in [4.78, 5) is 24.2. The van der Waals surface area contributed by atoms with Gasteiger partial charge in [0.05, 0.1) is 22.3 Å². The fourth-order valence-electron chi connectivity index (χ4n) is 4.33. The van der Waals surface area contributed by atoms with Gasteiger partial charge in [-0.15, -0.1) is 0 Å². The van der Waals surface area contributed by atoms with Gasteiger partial charge in [-0.05, 0) is 39.0 Å². The summed E-state index contributed by atoms with van der Waals surface area (Å²) < 4.78 is 49.9. The number of carbonyl (C=O) groups is 1. The van der Waals surface area contributed by atoms with Gasteiger partial charge in [0, 0.05) is 44.6 Å². The van der Waals surface area contributed by atoms with E-state index >= 15 is 0 Å². The Kier molecular flexibility index (Phi) is 6.66. The van der Waals surface area contributed by atoms with E-state index in [1.54, 1.807) is 9.80 Å². The standard InChI is InChI=1S/C23H29FN4O5S/c1-14(2)32-23(29)27-9-7-16(8-10-27)33-22-18-11-15(3)28(21(18)25-13-26-22)20-6-5-17(12-19(20)24)34(4,30)31/h5-6,12-16H,7-11H2,1-4H3/t15-/m0/s1. The van der Waals surface area contributed by atoms with Crippen molar-refractivity contribution in [2.24, 2.45) is 0 Å². The highest BCUT2D eigenvalue weighted by Gasteiger charge is 2.35. The molecule has 2 aliphatic heterocycles. The van der Waals surface area contributed by atoms with Crippen molar-refractivity contribution in [1.82, 2.24) is 14.9 Å². The van der Waals surface area contributed by atoms with Crippen molar-refractivity contribution in [3.8, 4) is 5.88 Å². The van der Waals surface area contributed by atoms with Gasteiger partial charge in [0.15, 0.2) is 9.84 Å². The van der Waals surface area contributed by atoms with Gasteiger partial charge < -0.3 is 19.3 Å². The molecule has 1 aromatic carbocycles. The van der Waals surface area contributed by atoms with Crippen LogP contribution < -0.4 is 9.64 Å². The number of nitrogens with zero attached hydrogens (tertiary/aromatic N) is 4. The van der Waals surface area contributed by atoms with Gasteiger partial charge >= 0.3 is 6.09 Å². The van der Waals surface area contributed by atoms with E-state index < -0.39 is 15.7 Å². The molecule has 1 amide bonds. The van der Waals surface area contributed by atoms with Crippen molar-refractivity contribution in [2.75, 3.05) is 24.2 Å². The normalized spacial score (nSPS) is 18.8. The molecule has 0 aliphatic carbocycles. The van der Waals surface area contributed by atoms with Crippen LogP contribution in [0.3, 0.4) is 0 Å². The van der Waals surface area contributed by atoms with Gasteiger partial charge in [-0.2, -0.15) is 0 Å². The Morgan fingerprint density at radius 2 is 1.91 bits per heavy atom. The Bertz CT molecular complexity index is 1180. The maximum atomic E-state index is 14.9. The Morgan fingerprint density at radius 1 is 1.21 bits per heavy atom. The third-order valence-corrected chi connectivity index (χ3v) is 7.08. The van der Waals surface area contributed by atoms with Gasteiger partial charge in [0.25, 0.3) is 0 Å². The van der Waals surface area contributed by atoms with E-state index in [2.05, 4.69) is 9.97 Å². The number of likely N-dealkylation sites (tertiary alicyclic amines) is 1. The SMILES string of the molecule is CC(C)OC(=O)N1CCC(Oc2ncnc3c2C[C@H](C)N3c2ccc(S(C)(=O)=O)cc2F)CC1. The van der Waals surface area contributed by atoms with Crippen LogP contribution in [0, 0.1) is 5.82 Å². The second kappa shape index (κ2) is 9.36.